The fourth-order valence-electron chi connectivity index (χ4n) is 1.89. The Hall–Kier alpha value is -1.07. The summed E-state index contributed by atoms with van der Waals surface area (Å²) in [4.78, 5) is 11.9. The van der Waals surface area contributed by atoms with Crippen molar-refractivity contribution >= 4 is 21.8 Å². The minimum absolute atomic E-state index is 0.0661. The second-order valence-electron chi connectivity index (χ2n) is 4.92. The summed E-state index contributed by atoms with van der Waals surface area (Å²) in [5.41, 5.74) is 0.565. The highest BCUT2D eigenvalue weighted by Crippen LogP contribution is 2.25. The lowest BCUT2D eigenvalue weighted by Gasteiger charge is -2.30. The van der Waals surface area contributed by atoms with Crippen LogP contribution in [-0.2, 0) is 4.79 Å². The van der Waals surface area contributed by atoms with E-state index in [1.54, 1.807) is 0 Å². The molecule has 0 saturated carbocycles. The first-order chi connectivity index (χ1) is 9.46. The van der Waals surface area contributed by atoms with Gasteiger partial charge in [-0.2, -0.15) is 0 Å². The zero-order valence-corrected chi connectivity index (χ0v) is 13.8. The summed E-state index contributed by atoms with van der Waals surface area (Å²) in [6.07, 6.45) is 1.36. The minimum Gasteiger partial charge on any atom is -0.483 e. The van der Waals surface area contributed by atoms with Crippen LogP contribution in [0.25, 0.3) is 0 Å². The van der Waals surface area contributed by atoms with E-state index in [9.17, 15) is 9.90 Å². The predicted molar refractivity (Wildman–Crippen MR) is 82.9 cm³/mol. The first-order valence-corrected chi connectivity index (χ1v) is 7.56. The SMILES string of the molecule is CCC(CC)(CO)NC(=O)COc1ccc(C)cc1Br. The number of nitrogens with one attached hydrogen (secondary N) is 1. The Bertz CT molecular complexity index is 450. The van der Waals surface area contributed by atoms with Gasteiger partial charge < -0.3 is 15.2 Å². The van der Waals surface area contributed by atoms with Gasteiger partial charge in [-0.15, -0.1) is 0 Å². The van der Waals surface area contributed by atoms with Crippen molar-refractivity contribution < 1.29 is 14.6 Å². The van der Waals surface area contributed by atoms with Gasteiger partial charge in [-0.1, -0.05) is 19.9 Å². The maximum Gasteiger partial charge on any atom is 0.258 e. The smallest absolute Gasteiger partial charge is 0.258 e. The summed E-state index contributed by atoms with van der Waals surface area (Å²) in [5.74, 6) is 0.406. The molecule has 20 heavy (non-hydrogen) atoms. The summed E-state index contributed by atoms with van der Waals surface area (Å²) >= 11 is 3.40. The number of ether oxygens (including phenoxy) is 1. The van der Waals surface area contributed by atoms with Gasteiger partial charge in [-0.25, -0.2) is 0 Å². The van der Waals surface area contributed by atoms with E-state index >= 15 is 0 Å². The van der Waals surface area contributed by atoms with Gasteiger partial charge in [0.2, 0.25) is 0 Å². The van der Waals surface area contributed by atoms with Crippen LogP contribution in [0.2, 0.25) is 0 Å². The van der Waals surface area contributed by atoms with Gasteiger partial charge in [0.1, 0.15) is 5.75 Å². The molecular weight excluding hydrogens is 322 g/mol. The predicted octanol–water partition coefficient (Wildman–Crippen LogP) is 2.80. The van der Waals surface area contributed by atoms with Crippen LogP contribution in [0.4, 0.5) is 0 Å². The van der Waals surface area contributed by atoms with E-state index in [1.807, 2.05) is 39.0 Å². The van der Waals surface area contributed by atoms with Crippen LogP contribution in [0.15, 0.2) is 22.7 Å². The molecule has 1 aromatic rings. The minimum atomic E-state index is -0.551. The van der Waals surface area contributed by atoms with Crippen LogP contribution in [0.5, 0.6) is 5.75 Å². The number of carbonyl (C=O) groups excluding carboxylic acids is 1. The summed E-state index contributed by atoms with van der Waals surface area (Å²) in [6.45, 7) is 5.73. The van der Waals surface area contributed by atoms with E-state index in [0.29, 0.717) is 18.6 Å². The Morgan fingerprint density at radius 1 is 1.40 bits per heavy atom. The molecule has 0 heterocycles. The molecule has 0 atom stereocenters. The third kappa shape index (κ3) is 4.49. The number of hydrogen-bond donors (Lipinski definition) is 2. The fourth-order valence-corrected chi connectivity index (χ4v) is 2.50. The van der Waals surface area contributed by atoms with Crippen LogP contribution in [0.1, 0.15) is 32.3 Å². The van der Waals surface area contributed by atoms with Crippen LogP contribution in [0, 0.1) is 6.92 Å². The van der Waals surface area contributed by atoms with Gasteiger partial charge in [0.15, 0.2) is 6.61 Å². The van der Waals surface area contributed by atoms with Crippen LogP contribution in [0.3, 0.4) is 0 Å². The summed E-state index contributed by atoms with van der Waals surface area (Å²) in [5, 5.41) is 12.3. The fraction of sp³-hybridized carbons (Fsp3) is 0.533. The lowest BCUT2D eigenvalue weighted by atomic mass is 9.94. The van der Waals surface area contributed by atoms with Crippen molar-refractivity contribution in [3.05, 3.63) is 28.2 Å². The van der Waals surface area contributed by atoms with Gasteiger partial charge in [0.25, 0.3) is 5.91 Å². The number of aryl methyl sites for hydroxylation is 1. The molecule has 0 saturated heterocycles. The topological polar surface area (TPSA) is 58.6 Å². The van der Waals surface area contributed by atoms with E-state index in [-0.39, 0.29) is 19.1 Å². The normalized spacial score (nSPS) is 11.2. The molecule has 0 aliphatic carbocycles. The maximum absolute atomic E-state index is 11.9. The highest BCUT2D eigenvalue weighted by Gasteiger charge is 2.27. The van der Waals surface area contributed by atoms with Crippen LogP contribution in [-0.4, -0.2) is 29.8 Å². The molecule has 0 radical (unpaired) electrons. The lowest BCUT2D eigenvalue weighted by molar-refractivity contribution is -0.125. The second kappa shape index (κ2) is 7.64. The first kappa shape index (κ1) is 17.0. The van der Waals surface area contributed by atoms with E-state index in [4.69, 9.17) is 4.74 Å². The number of rotatable bonds is 7. The molecule has 5 heteroatoms. The number of halogens is 1. The number of aliphatic hydroxyl groups excluding tert-OH is 1. The molecule has 0 unspecified atom stereocenters. The molecule has 112 valence electrons. The summed E-state index contributed by atoms with van der Waals surface area (Å²) < 4.78 is 6.32. The Labute approximate surface area is 128 Å². The van der Waals surface area contributed by atoms with Gasteiger partial charge >= 0.3 is 0 Å². The number of carbonyl (C=O) groups is 1. The molecular formula is C15H22BrNO3. The highest BCUT2D eigenvalue weighted by molar-refractivity contribution is 9.10. The second-order valence-corrected chi connectivity index (χ2v) is 5.77. The monoisotopic (exact) mass is 343 g/mol. The molecule has 4 nitrogen and oxygen atoms in total. The summed E-state index contributed by atoms with van der Waals surface area (Å²) in [6, 6.07) is 5.68. The standard InChI is InChI=1S/C15H22BrNO3/c1-4-15(5-2,10-18)17-14(19)9-20-13-7-6-11(3)8-12(13)16/h6-8,18H,4-5,9-10H2,1-3H3,(H,17,19). The van der Waals surface area contributed by atoms with Crippen LogP contribution < -0.4 is 10.1 Å². The third-order valence-corrected chi connectivity index (χ3v) is 4.13. The average molecular weight is 344 g/mol. The van der Waals surface area contributed by atoms with Crippen molar-refractivity contribution in [2.45, 2.75) is 39.2 Å². The van der Waals surface area contributed by atoms with Gasteiger partial charge in [-0.3, -0.25) is 4.79 Å². The molecule has 1 amide bonds. The van der Waals surface area contributed by atoms with Crippen molar-refractivity contribution in [2.75, 3.05) is 13.2 Å². The van der Waals surface area contributed by atoms with Gasteiger partial charge in [0, 0.05) is 0 Å². The molecule has 0 fully saturated rings. The molecule has 0 aliphatic rings. The number of aliphatic hydroxyl groups is 1. The maximum atomic E-state index is 11.9. The van der Waals surface area contributed by atoms with Gasteiger partial charge in [0.05, 0.1) is 16.6 Å². The molecule has 0 aromatic heterocycles. The average Bonchev–Trinajstić information content (AvgIpc) is 2.44. The van der Waals surface area contributed by atoms with Crippen molar-refractivity contribution in [2.24, 2.45) is 0 Å². The zero-order chi connectivity index (χ0) is 15.2. The van der Waals surface area contributed by atoms with Crippen molar-refractivity contribution in [1.29, 1.82) is 0 Å². The Kier molecular flexibility index (Phi) is 6.49. The number of hydrogen-bond acceptors (Lipinski definition) is 3. The summed E-state index contributed by atoms with van der Waals surface area (Å²) in [7, 11) is 0. The molecule has 0 aliphatic heterocycles. The number of benzene rings is 1. The Morgan fingerprint density at radius 2 is 2.05 bits per heavy atom. The Morgan fingerprint density at radius 3 is 2.55 bits per heavy atom. The van der Waals surface area contributed by atoms with Gasteiger partial charge in [-0.05, 0) is 53.4 Å². The van der Waals surface area contributed by atoms with Crippen molar-refractivity contribution in [3.8, 4) is 5.75 Å². The van der Waals surface area contributed by atoms with Crippen LogP contribution >= 0.6 is 15.9 Å². The van der Waals surface area contributed by atoms with E-state index in [1.165, 1.54) is 0 Å². The van der Waals surface area contributed by atoms with Crippen molar-refractivity contribution in [1.82, 2.24) is 5.32 Å². The molecule has 0 bridgehead atoms. The molecule has 0 spiro atoms. The lowest BCUT2D eigenvalue weighted by Crippen LogP contribution is -2.51. The quantitative estimate of drug-likeness (QED) is 0.800. The Balaban J connectivity index is 2.59. The largest absolute Gasteiger partial charge is 0.483 e. The molecule has 1 rings (SSSR count). The zero-order valence-electron chi connectivity index (χ0n) is 12.2. The van der Waals surface area contributed by atoms with Crippen molar-refractivity contribution in [3.63, 3.8) is 0 Å². The first-order valence-electron chi connectivity index (χ1n) is 6.77. The third-order valence-electron chi connectivity index (χ3n) is 3.51. The van der Waals surface area contributed by atoms with E-state index < -0.39 is 5.54 Å². The van der Waals surface area contributed by atoms with E-state index in [0.717, 1.165) is 10.0 Å². The molecule has 2 N–H and O–H groups in total. The molecule has 1 aromatic carbocycles. The highest BCUT2D eigenvalue weighted by atomic mass is 79.9. The number of amides is 1. The van der Waals surface area contributed by atoms with E-state index in [2.05, 4.69) is 21.2 Å².